The van der Waals surface area contributed by atoms with Crippen LogP contribution in [0.1, 0.15) is 0 Å². The third-order valence-electron chi connectivity index (χ3n) is 16.0. The highest BCUT2D eigenvalue weighted by Gasteiger charge is 2.22. The minimum Gasteiger partial charge on any atom is -0.0622 e. The molecule has 0 aliphatic rings. The van der Waals surface area contributed by atoms with E-state index in [1.165, 1.54) is 154 Å². The third kappa shape index (κ3) is 7.54. The topological polar surface area (TPSA) is 0 Å². The normalized spacial score (nSPS) is 11.7. The second-order valence-electron chi connectivity index (χ2n) is 20.4. The van der Waals surface area contributed by atoms with Crippen LogP contribution in [0.4, 0.5) is 0 Å². The minimum absolute atomic E-state index is 1.19. The standard InChI is InChI=1S/C76H48/c1-2-10-49(11-3-1)53-18-29-57(30-19-53)71-47-72(58-31-20-54(21-32-58)64-37-26-50-12-4-7-15-61(50)44-64)68-42-43-70-74(60-35-24-56(25-36-60)66-39-28-52-14-6-9-17-63(52)46-66)48-73(69-41-40-67(71)75(68)76(69)70)59-33-22-55(23-34-59)65-38-27-51-13-5-8-16-62(51)45-65/h1-48H. The van der Waals surface area contributed by atoms with Gasteiger partial charge in [-0.3, -0.25) is 0 Å². The number of fused-ring (bicyclic) bond motifs is 3. The molecular formula is C76H48. The Labute approximate surface area is 442 Å². The molecule has 0 aromatic heterocycles. The van der Waals surface area contributed by atoms with E-state index in [2.05, 4.69) is 291 Å². The maximum absolute atomic E-state index is 2.45. The lowest BCUT2D eigenvalue weighted by Crippen LogP contribution is -1.94. The number of hydrogen-bond acceptors (Lipinski definition) is 0. The molecule has 0 radical (unpaired) electrons. The van der Waals surface area contributed by atoms with Gasteiger partial charge >= 0.3 is 0 Å². The van der Waals surface area contributed by atoms with Gasteiger partial charge in [0.1, 0.15) is 0 Å². The molecule has 76 heavy (non-hydrogen) atoms. The molecule has 0 amide bonds. The molecule has 0 nitrogen and oxygen atoms in total. The Hall–Kier alpha value is -9.88. The molecule has 0 aliphatic heterocycles. The van der Waals surface area contributed by atoms with Gasteiger partial charge in [-0.25, -0.2) is 0 Å². The summed E-state index contributed by atoms with van der Waals surface area (Å²) in [6.07, 6.45) is 0. The van der Waals surface area contributed by atoms with E-state index >= 15 is 0 Å². The summed E-state index contributed by atoms with van der Waals surface area (Å²) < 4.78 is 0. The third-order valence-corrected chi connectivity index (χ3v) is 16.0. The summed E-state index contributed by atoms with van der Waals surface area (Å²) in [7, 11) is 0. The van der Waals surface area contributed by atoms with E-state index < -0.39 is 0 Å². The summed E-state index contributed by atoms with van der Waals surface area (Å²) in [5.41, 5.74) is 19.4. The highest BCUT2D eigenvalue weighted by molar-refractivity contribution is 6.32. The van der Waals surface area contributed by atoms with Gasteiger partial charge in [-0.1, -0.05) is 261 Å². The van der Waals surface area contributed by atoms with Gasteiger partial charge < -0.3 is 0 Å². The number of rotatable bonds is 8. The van der Waals surface area contributed by atoms with Gasteiger partial charge in [-0.15, -0.1) is 0 Å². The van der Waals surface area contributed by atoms with Crippen LogP contribution in [0.25, 0.3) is 154 Å². The van der Waals surface area contributed by atoms with Crippen LogP contribution in [0.5, 0.6) is 0 Å². The fraction of sp³-hybridized carbons (Fsp3) is 0. The van der Waals surface area contributed by atoms with Crippen molar-refractivity contribution in [3.05, 3.63) is 291 Å². The lowest BCUT2D eigenvalue weighted by atomic mass is 9.81. The van der Waals surface area contributed by atoms with Gasteiger partial charge in [0.05, 0.1) is 0 Å². The monoisotopic (exact) mass is 960 g/mol. The lowest BCUT2D eigenvalue weighted by molar-refractivity contribution is 1.59. The zero-order chi connectivity index (χ0) is 50.1. The Bertz CT molecular complexity index is 4540. The van der Waals surface area contributed by atoms with Gasteiger partial charge in [0.2, 0.25) is 0 Å². The van der Waals surface area contributed by atoms with Crippen LogP contribution >= 0.6 is 0 Å². The molecule has 0 fully saturated rings. The first-order valence-corrected chi connectivity index (χ1v) is 26.4. The molecule has 0 N–H and O–H groups in total. The molecule has 15 aromatic carbocycles. The maximum Gasteiger partial charge on any atom is -0.00139 e. The van der Waals surface area contributed by atoms with Crippen LogP contribution in [0.2, 0.25) is 0 Å². The van der Waals surface area contributed by atoms with Crippen LogP contribution in [-0.2, 0) is 0 Å². The van der Waals surface area contributed by atoms with Crippen LogP contribution in [0.3, 0.4) is 0 Å². The average Bonchev–Trinajstić information content (AvgIpc) is 3.54. The van der Waals surface area contributed by atoms with Crippen molar-refractivity contribution in [2.45, 2.75) is 0 Å². The SMILES string of the molecule is c1ccc(-c2ccc(-c3cc(-c4ccc(-c5ccc6ccccc6c5)cc4)c4ccc5c(-c6ccc(-c7ccc8ccccc8c7)cc6)cc(-c6ccc(-c7ccc8ccccc8c7)cc6)c6ccc3c4c65)cc2)cc1. The largest absolute Gasteiger partial charge is 0.0622 e. The fourth-order valence-corrected chi connectivity index (χ4v) is 12.1. The zero-order valence-corrected chi connectivity index (χ0v) is 41.7. The van der Waals surface area contributed by atoms with Crippen molar-refractivity contribution < 1.29 is 0 Å². The number of benzene rings is 15. The van der Waals surface area contributed by atoms with Gasteiger partial charge in [0, 0.05) is 0 Å². The molecule has 0 atom stereocenters. The first kappa shape index (κ1) is 43.7. The van der Waals surface area contributed by atoms with Crippen molar-refractivity contribution in [2.75, 3.05) is 0 Å². The Morgan fingerprint density at radius 2 is 0.355 bits per heavy atom. The van der Waals surface area contributed by atoms with Crippen molar-refractivity contribution in [1.29, 1.82) is 0 Å². The molecule has 0 heteroatoms. The summed E-state index contributed by atoms with van der Waals surface area (Å²) in [4.78, 5) is 0. The highest BCUT2D eigenvalue weighted by Crippen LogP contribution is 2.49. The maximum atomic E-state index is 2.45. The highest BCUT2D eigenvalue weighted by atomic mass is 14.2. The molecule has 15 aromatic rings. The van der Waals surface area contributed by atoms with Crippen molar-refractivity contribution in [2.24, 2.45) is 0 Å². The molecule has 0 saturated carbocycles. The van der Waals surface area contributed by atoms with Crippen molar-refractivity contribution >= 4 is 64.6 Å². The van der Waals surface area contributed by atoms with E-state index in [9.17, 15) is 0 Å². The molecule has 0 unspecified atom stereocenters. The molecule has 352 valence electrons. The first-order valence-electron chi connectivity index (χ1n) is 26.4. The Morgan fingerprint density at radius 3 is 0.658 bits per heavy atom. The second kappa shape index (κ2) is 18.0. The van der Waals surface area contributed by atoms with Crippen molar-refractivity contribution in [3.8, 4) is 89.0 Å². The Balaban J connectivity index is 0.943. The van der Waals surface area contributed by atoms with Crippen LogP contribution in [0, 0.1) is 0 Å². The van der Waals surface area contributed by atoms with E-state index in [4.69, 9.17) is 0 Å². The predicted octanol–water partition coefficient (Wildman–Crippen LogP) is 21.4. The predicted molar refractivity (Wildman–Crippen MR) is 326 cm³/mol. The molecular weight excluding hydrogens is 913 g/mol. The van der Waals surface area contributed by atoms with Gasteiger partial charge in [0.15, 0.2) is 0 Å². The second-order valence-corrected chi connectivity index (χ2v) is 20.4. The van der Waals surface area contributed by atoms with E-state index in [0.29, 0.717) is 0 Å². The molecule has 0 aliphatic carbocycles. The molecule has 0 bridgehead atoms. The number of hydrogen-bond donors (Lipinski definition) is 0. The summed E-state index contributed by atoms with van der Waals surface area (Å²) in [6.45, 7) is 0. The smallest absolute Gasteiger partial charge is 0.00139 e. The van der Waals surface area contributed by atoms with E-state index in [-0.39, 0.29) is 0 Å². The van der Waals surface area contributed by atoms with Gasteiger partial charge in [0.25, 0.3) is 0 Å². The van der Waals surface area contributed by atoms with Gasteiger partial charge in [-0.05, 0) is 184 Å². The minimum atomic E-state index is 1.19. The van der Waals surface area contributed by atoms with Crippen molar-refractivity contribution in [1.82, 2.24) is 0 Å². The summed E-state index contributed by atoms with van der Waals surface area (Å²) >= 11 is 0. The van der Waals surface area contributed by atoms with Crippen molar-refractivity contribution in [3.63, 3.8) is 0 Å². The molecule has 0 saturated heterocycles. The first-order chi connectivity index (χ1) is 37.6. The van der Waals surface area contributed by atoms with Crippen LogP contribution < -0.4 is 0 Å². The van der Waals surface area contributed by atoms with E-state index in [0.717, 1.165) is 0 Å². The van der Waals surface area contributed by atoms with Crippen LogP contribution in [0.15, 0.2) is 291 Å². The fourth-order valence-electron chi connectivity index (χ4n) is 12.1. The lowest BCUT2D eigenvalue weighted by Gasteiger charge is -2.22. The molecule has 0 heterocycles. The Kier molecular flexibility index (Phi) is 10.3. The van der Waals surface area contributed by atoms with E-state index in [1.807, 2.05) is 0 Å². The zero-order valence-electron chi connectivity index (χ0n) is 41.7. The quantitative estimate of drug-likeness (QED) is 0.133. The average molecular weight is 961 g/mol. The molecule has 0 spiro atoms. The van der Waals surface area contributed by atoms with Gasteiger partial charge in [-0.2, -0.15) is 0 Å². The summed E-state index contributed by atoms with van der Waals surface area (Å²) in [5.74, 6) is 0. The summed E-state index contributed by atoms with van der Waals surface area (Å²) in [6, 6.07) is 108. The Morgan fingerprint density at radius 1 is 0.132 bits per heavy atom. The molecule has 15 rings (SSSR count). The summed E-state index contributed by atoms with van der Waals surface area (Å²) in [5, 5.41) is 15.1. The van der Waals surface area contributed by atoms with Crippen LogP contribution in [-0.4, -0.2) is 0 Å². The van der Waals surface area contributed by atoms with E-state index in [1.54, 1.807) is 0 Å².